The first-order chi connectivity index (χ1) is 16.7. The molecule has 2 aromatic heterocycles. The van der Waals surface area contributed by atoms with E-state index in [1.807, 2.05) is 0 Å². The van der Waals surface area contributed by atoms with Gasteiger partial charge in [0.2, 0.25) is 0 Å². The van der Waals surface area contributed by atoms with E-state index in [0.29, 0.717) is 23.9 Å². The summed E-state index contributed by atoms with van der Waals surface area (Å²) in [6.45, 7) is 7.71. The van der Waals surface area contributed by atoms with Gasteiger partial charge in [0.25, 0.3) is 0 Å². The summed E-state index contributed by atoms with van der Waals surface area (Å²) < 4.78 is 0. The first-order valence-corrected chi connectivity index (χ1v) is 13.0. The van der Waals surface area contributed by atoms with E-state index in [9.17, 15) is 0 Å². The number of nitrogens with zero attached hydrogens (tertiary/aromatic N) is 2. The summed E-state index contributed by atoms with van der Waals surface area (Å²) >= 11 is 0. The van der Waals surface area contributed by atoms with Crippen LogP contribution in [0.1, 0.15) is 47.4 Å². The van der Waals surface area contributed by atoms with E-state index in [1.165, 1.54) is 46.0 Å². The lowest BCUT2D eigenvalue weighted by atomic mass is 9.74. The minimum Gasteiger partial charge on any atom is -0.357 e. The van der Waals surface area contributed by atoms with Crippen LogP contribution in [-0.2, 0) is 12.8 Å². The molecule has 0 saturated carbocycles. The van der Waals surface area contributed by atoms with Crippen LogP contribution in [0.4, 0.5) is 0 Å². The number of aromatic nitrogens is 2. The van der Waals surface area contributed by atoms with Crippen LogP contribution in [0, 0.1) is 11.8 Å². The number of fused-ring (bicyclic) bond motifs is 8. The lowest BCUT2D eigenvalue weighted by Gasteiger charge is -2.47. The normalized spacial score (nSPS) is 27.4. The summed E-state index contributed by atoms with van der Waals surface area (Å²) in [5.74, 6) is 1.17. The molecule has 3 aliphatic heterocycles. The Morgan fingerprint density at radius 2 is 1.56 bits per heavy atom. The summed E-state index contributed by atoms with van der Waals surface area (Å²) in [4.78, 5) is 13.0. The topological polar surface area (TPSA) is 38.1 Å². The maximum Gasteiger partial charge on any atom is 0.0504 e. The number of aromatic amines is 2. The molecular formula is C30H34N4. The molecule has 0 unspecified atom stereocenters. The molecule has 4 heteroatoms. The fourth-order valence-electron chi connectivity index (χ4n) is 7.30. The van der Waals surface area contributed by atoms with Crippen molar-refractivity contribution in [2.45, 2.75) is 37.8 Å². The quantitative estimate of drug-likeness (QED) is 0.376. The van der Waals surface area contributed by atoms with Crippen molar-refractivity contribution in [1.82, 2.24) is 19.8 Å². The van der Waals surface area contributed by atoms with Gasteiger partial charge < -0.3 is 9.97 Å². The Balaban J connectivity index is 1.23. The molecule has 0 amide bonds. The molecule has 4 aromatic rings. The van der Waals surface area contributed by atoms with Gasteiger partial charge in [0.15, 0.2) is 0 Å². The van der Waals surface area contributed by atoms with Gasteiger partial charge in [-0.3, -0.25) is 9.80 Å². The molecule has 4 nitrogen and oxygen atoms in total. The SMILES string of the molecule is C=C[C@H]1CN2CCc3c([nH]c4ccccc34)[C@@H]2C[C@H]1C[C@H]1c2[nH]c3ccccc3c2CCN1C. The third-order valence-electron chi connectivity index (χ3n) is 9.10. The fourth-order valence-corrected chi connectivity index (χ4v) is 7.30. The third kappa shape index (κ3) is 3.05. The maximum absolute atomic E-state index is 4.29. The average molecular weight is 451 g/mol. The molecule has 2 aromatic carbocycles. The molecule has 3 aliphatic rings. The molecule has 0 aliphatic carbocycles. The molecule has 0 radical (unpaired) electrons. The van der Waals surface area contributed by atoms with Crippen molar-refractivity contribution in [3.8, 4) is 0 Å². The van der Waals surface area contributed by atoms with Gasteiger partial charge in [0.05, 0.1) is 12.1 Å². The number of rotatable bonds is 3. The van der Waals surface area contributed by atoms with Crippen molar-refractivity contribution < 1.29 is 0 Å². The number of piperidine rings is 1. The van der Waals surface area contributed by atoms with Gasteiger partial charge in [-0.25, -0.2) is 0 Å². The van der Waals surface area contributed by atoms with Crippen molar-refractivity contribution in [3.63, 3.8) is 0 Å². The summed E-state index contributed by atoms with van der Waals surface area (Å²) in [5.41, 5.74) is 8.62. The molecule has 4 atom stereocenters. The molecule has 5 heterocycles. The predicted octanol–water partition coefficient (Wildman–Crippen LogP) is 5.99. The van der Waals surface area contributed by atoms with Crippen LogP contribution in [0.25, 0.3) is 21.8 Å². The molecule has 7 rings (SSSR count). The first-order valence-electron chi connectivity index (χ1n) is 13.0. The highest BCUT2D eigenvalue weighted by atomic mass is 15.2. The number of hydrogen-bond acceptors (Lipinski definition) is 2. The Morgan fingerprint density at radius 3 is 2.29 bits per heavy atom. The van der Waals surface area contributed by atoms with Crippen molar-refractivity contribution in [3.05, 3.63) is 83.7 Å². The van der Waals surface area contributed by atoms with Gasteiger partial charge in [-0.1, -0.05) is 42.5 Å². The Kier molecular flexibility index (Phi) is 4.75. The van der Waals surface area contributed by atoms with E-state index in [1.54, 1.807) is 11.1 Å². The van der Waals surface area contributed by atoms with Crippen LogP contribution < -0.4 is 0 Å². The Hall–Kier alpha value is -2.82. The highest BCUT2D eigenvalue weighted by Crippen LogP contribution is 2.47. The summed E-state index contributed by atoms with van der Waals surface area (Å²) in [6, 6.07) is 18.6. The molecule has 174 valence electrons. The fraction of sp³-hybridized carbons (Fsp3) is 0.400. The van der Waals surface area contributed by atoms with Crippen molar-refractivity contribution >= 4 is 21.8 Å². The zero-order valence-corrected chi connectivity index (χ0v) is 20.1. The number of H-pyrrole nitrogens is 2. The highest BCUT2D eigenvalue weighted by Gasteiger charge is 2.41. The van der Waals surface area contributed by atoms with Gasteiger partial charge in [0.1, 0.15) is 0 Å². The average Bonchev–Trinajstić information content (AvgIpc) is 3.44. The van der Waals surface area contributed by atoms with E-state index >= 15 is 0 Å². The highest BCUT2D eigenvalue weighted by molar-refractivity contribution is 5.86. The summed E-state index contributed by atoms with van der Waals surface area (Å²) in [5, 5.41) is 2.84. The molecule has 1 saturated heterocycles. The van der Waals surface area contributed by atoms with Gasteiger partial charge in [-0.15, -0.1) is 6.58 Å². The van der Waals surface area contributed by atoms with E-state index in [-0.39, 0.29) is 0 Å². The van der Waals surface area contributed by atoms with E-state index in [2.05, 4.69) is 88.0 Å². The molecule has 0 bridgehead atoms. The summed E-state index contributed by atoms with van der Waals surface area (Å²) in [7, 11) is 2.31. The number of likely N-dealkylation sites (N-methyl/N-ethyl adjacent to an activating group) is 1. The van der Waals surface area contributed by atoms with Gasteiger partial charge in [-0.2, -0.15) is 0 Å². The van der Waals surface area contributed by atoms with Crippen LogP contribution in [-0.4, -0.2) is 46.4 Å². The Labute approximate surface area is 201 Å². The molecular weight excluding hydrogens is 416 g/mol. The van der Waals surface area contributed by atoms with Crippen LogP contribution in [0.2, 0.25) is 0 Å². The second kappa shape index (κ2) is 7.86. The monoisotopic (exact) mass is 450 g/mol. The number of para-hydroxylation sites is 2. The first kappa shape index (κ1) is 20.5. The minimum absolute atomic E-state index is 0.445. The molecule has 34 heavy (non-hydrogen) atoms. The van der Waals surface area contributed by atoms with Crippen LogP contribution >= 0.6 is 0 Å². The van der Waals surface area contributed by atoms with Crippen LogP contribution in [0.5, 0.6) is 0 Å². The van der Waals surface area contributed by atoms with Crippen LogP contribution in [0.15, 0.2) is 61.2 Å². The van der Waals surface area contributed by atoms with Crippen molar-refractivity contribution in [1.29, 1.82) is 0 Å². The molecule has 2 N–H and O–H groups in total. The van der Waals surface area contributed by atoms with Gasteiger partial charge >= 0.3 is 0 Å². The Bertz CT molecular complexity index is 1380. The lowest BCUT2D eigenvalue weighted by molar-refractivity contribution is 0.0515. The van der Waals surface area contributed by atoms with E-state index in [4.69, 9.17) is 0 Å². The third-order valence-corrected chi connectivity index (χ3v) is 9.10. The largest absolute Gasteiger partial charge is 0.357 e. The molecule has 1 fully saturated rings. The van der Waals surface area contributed by atoms with Crippen molar-refractivity contribution in [2.24, 2.45) is 11.8 Å². The molecule has 0 spiro atoms. The van der Waals surface area contributed by atoms with Gasteiger partial charge in [-0.05, 0) is 67.8 Å². The minimum atomic E-state index is 0.445. The zero-order valence-electron chi connectivity index (χ0n) is 20.1. The lowest BCUT2D eigenvalue weighted by Crippen LogP contribution is -2.46. The predicted molar refractivity (Wildman–Crippen MR) is 140 cm³/mol. The number of hydrogen-bond donors (Lipinski definition) is 2. The van der Waals surface area contributed by atoms with Crippen LogP contribution in [0.3, 0.4) is 0 Å². The van der Waals surface area contributed by atoms with E-state index < -0.39 is 0 Å². The summed E-state index contributed by atoms with van der Waals surface area (Å²) in [6.07, 6.45) is 6.92. The maximum atomic E-state index is 4.29. The van der Waals surface area contributed by atoms with Crippen molar-refractivity contribution in [2.75, 3.05) is 26.7 Å². The number of nitrogens with one attached hydrogen (secondary N) is 2. The smallest absolute Gasteiger partial charge is 0.0504 e. The van der Waals surface area contributed by atoms with Gasteiger partial charge in [0, 0.05) is 52.8 Å². The standard InChI is InChI=1S/C30H34N4/c1-3-19-18-34-15-13-24-22-9-5-7-11-26(22)32-30(24)28(34)17-20(19)16-27-29-23(12-14-33(27)2)21-8-4-6-10-25(21)31-29/h3-11,19-20,27-28,31-32H,1,12-18H2,2H3/t19-,20+,27-,28-/m0/s1. The second-order valence-corrected chi connectivity index (χ2v) is 10.8. The van der Waals surface area contributed by atoms with E-state index in [0.717, 1.165) is 32.5 Å². The second-order valence-electron chi connectivity index (χ2n) is 10.8. The zero-order chi connectivity index (χ0) is 22.8. The number of benzene rings is 2. The Morgan fingerprint density at radius 1 is 0.912 bits per heavy atom.